The van der Waals surface area contributed by atoms with E-state index >= 15 is 0 Å². The third kappa shape index (κ3) is 2.36. The van der Waals surface area contributed by atoms with E-state index < -0.39 is 0 Å². The number of carbonyl (C=O) groups excluding carboxylic acids is 2. The highest BCUT2D eigenvalue weighted by molar-refractivity contribution is 5.86. The van der Waals surface area contributed by atoms with Gasteiger partial charge in [-0.25, -0.2) is 0 Å². The van der Waals surface area contributed by atoms with E-state index in [1.165, 1.54) is 26.4 Å². The van der Waals surface area contributed by atoms with Gasteiger partial charge in [0.2, 0.25) is 5.91 Å². The lowest BCUT2D eigenvalue weighted by Gasteiger charge is -2.55. The molecule has 4 rings (SSSR count). The van der Waals surface area contributed by atoms with Gasteiger partial charge in [0.15, 0.2) is 0 Å². The monoisotopic (exact) mass is 266 g/mol. The van der Waals surface area contributed by atoms with Crippen molar-refractivity contribution in [1.29, 1.82) is 0 Å². The molecule has 0 atom stereocenters. The molecule has 5 heteroatoms. The first-order chi connectivity index (χ1) is 9.11. The molecule has 0 unspecified atom stereocenters. The molecule has 4 bridgehead atoms. The molecule has 2 N–H and O–H groups in total. The average Bonchev–Trinajstić information content (AvgIpc) is 2.34. The maximum atomic E-state index is 12.4. The Morgan fingerprint density at radius 1 is 1.05 bits per heavy atom. The van der Waals surface area contributed by atoms with Crippen molar-refractivity contribution in [3.63, 3.8) is 0 Å². The predicted octanol–water partition coefficient (Wildman–Crippen LogP) is 0.997. The van der Waals surface area contributed by atoms with Crippen molar-refractivity contribution in [1.82, 2.24) is 10.9 Å². The lowest BCUT2D eigenvalue weighted by atomic mass is 9.49. The van der Waals surface area contributed by atoms with Crippen LogP contribution in [0.2, 0.25) is 0 Å². The molecule has 5 nitrogen and oxygen atoms in total. The summed E-state index contributed by atoms with van der Waals surface area (Å²) in [5.41, 5.74) is 4.84. The van der Waals surface area contributed by atoms with Gasteiger partial charge in [0.05, 0.1) is 5.41 Å². The molecule has 0 radical (unpaired) electrons. The van der Waals surface area contributed by atoms with Gasteiger partial charge in [-0.15, -0.1) is 0 Å². The standard InChI is InChI=1S/C14H22N2O3/c1-19-8-12(17)15-16-13(18)14-5-9-2-10(6-14)4-11(3-9)7-14/h9-11H,2-8H2,1H3,(H,15,17)(H,16,18). The number of hydrogen-bond acceptors (Lipinski definition) is 3. The molecule has 4 aliphatic rings. The maximum absolute atomic E-state index is 12.4. The van der Waals surface area contributed by atoms with E-state index in [-0.39, 0.29) is 23.8 Å². The number of nitrogens with one attached hydrogen (secondary N) is 2. The van der Waals surface area contributed by atoms with Crippen molar-refractivity contribution >= 4 is 11.8 Å². The third-order valence-corrected chi connectivity index (χ3v) is 5.11. The maximum Gasteiger partial charge on any atom is 0.264 e. The lowest BCUT2D eigenvalue weighted by Crippen LogP contribution is -2.57. The predicted molar refractivity (Wildman–Crippen MR) is 68.8 cm³/mol. The molecule has 0 aromatic heterocycles. The molecule has 0 saturated heterocycles. The molecule has 4 aliphatic carbocycles. The van der Waals surface area contributed by atoms with Gasteiger partial charge in [-0.3, -0.25) is 20.4 Å². The molecule has 0 aliphatic heterocycles. The van der Waals surface area contributed by atoms with Crippen LogP contribution in [0.25, 0.3) is 0 Å². The van der Waals surface area contributed by atoms with Gasteiger partial charge < -0.3 is 4.74 Å². The second-order valence-electron chi connectivity index (χ2n) is 6.63. The van der Waals surface area contributed by atoms with Crippen LogP contribution in [-0.2, 0) is 14.3 Å². The summed E-state index contributed by atoms with van der Waals surface area (Å²) in [4.78, 5) is 23.8. The quantitative estimate of drug-likeness (QED) is 0.749. The molecule has 4 saturated carbocycles. The Labute approximate surface area is 113 Å². The van der Waals surface area contributed by atoms with Gasteiger partial charge in [0.25, 0.3) is 5.91 Å². The summed E-state index contributed by atoms with van der Waals surface area (Å²) >= 11 is 0. The SMILES string of the molecule is COCC(=O)NNC(=O)C12CC3CC(CC(C3)C1)C2. The van der Waals surface area contributed by atoms with Gasteiger partial charge in [0, 0.05) is 7.11 Å². The lowest BCUT2D eigenvalue weighted by molar-refractivity contribution is -0.149. The first kappa shape index (κ1) is 12.9. The Kier molecular flexibility index (Phi) is 3.25. The fraction of sp³-hybridized carbons (Fsp3) is 0.857. The van der Waals surface area contributed by atoms with Gasteiger partial charge >= 0.3 is 0 Å². The van der Waals surface area contributed by atoms with E-state index in [2.05, 4.69) is 10.9 Å². The second-order valence-corrected chi connectivity index (χ2v) is 6.63. The van der Waals surface area contributed by atoms with Crippen LogP contribution in [0.1, 0.15) is 38.5 Å². The van der Waals surface area contributed by atoms with E-state index in [0.29, 0.717) is 0 Å². The highest BCUT2D eigenvalue weighted by Gasteiger charge is 2.54. The molecular weight excluding hydrogens is 244 g/mol. The number of amides is 2. The Hall–Kier alpha value is -1.10. The zero-order valence-corrected chi connectivity index (χ0v) is 11.4. The average molecular weight is 266 g/mol. The summed E-state index contributed by atoms with van der Waals surface area (Å²) in [6.07, 6.45) is 6.94. The summed E-state index contributed by atoms with van der Waals surface area (Å²) in [5, 5.41) is 0. The molecular formula is C14H22N2O3. The number of rotatable bonds is 3. The van der Waals surface area contributed by atoms with Crippen LogP contribution < -0.4 is 10.9 Å². The highest BCUT2D eigenvalue weighted by Crippen LogP contribution is 2.59. The first-order valence-electron chi connectivity index (χ1n) is 7.19. The van der Waals surface area contributed by atoms with E-state index in [4.69, 9.17) is 4.74 Å². The van der Waals surface area contributed by atoms with Crippen LogP contribution in [0.5, 0.6) is 0 Å². The van der Waals surface area contributed by atoms with Crippen molar-refractivity contribution in [3.8, 4) is 0 Å². The van der Waals surface area contributed by atoms with E-state index in [1.807, 2.05) is 0 Å². The zero-order chi connectivity index (χ0) is 13.5. The Morgan fingerprint density at radius 2 is 1.58 bits per heavy atom. The summed E-state index contributed by atoms with van der Waals surface area (Å²) in [7, 11) is 1.46. The topological polar surface area (TPSA) is 67.4 Å². The Morgan fingerprint density at radius 3 is 2.05 bits per heavy atom. The molecule has 0 spiro atoms. The van der Waals surface area contributed by atoms with E-state index in [1.54, 1.807) is 0 Å². The largest absolute Gasteiger partial charge is 0.375 e. The van der Waals surface area contributed by atoms with Crippen LogP contribution in [0.15, 0.2) is 0 Å². The minimum absolute atomic E-state index is 0.0102. The fourth-order valence-electron chi connectivity index (χ4n) is 4.81. The van der Waals surface area contributed by atoms with Crippen LogP contribution in [0, 0.1) is 23.2 Å². The summed E-state index contributed by atoms with van der Waals surface area (Å²) in [6, 6.07) is 0. The number of hydrogen-bond donors (Lipinski definition) is 2. The first-order valence-corrected chi connectivity index (χ1v) is 7.19. The molecule has 0 heterocycles. The van der Waals surface area contributed by atoms with Crippen molar-refractivity contribution in [3.05, 3.63) is 0 Å². The van der Waals surface area contributed by atoms with Crippen molar-refractivity contribution in [2.75, 3.05) is 13.7 Å². The number of methoxy groups -OCH3 is 1. The summed E-state index contributed by atoms with van der Waals surface area (Å²) in [6.45, 7) is -0.0266. The molecule has 0 aromatic rings. The molecule has 2 amide bonds. The van der Waals surface area contributed by atoms with Gasteiger partial charge in [-0.2, -0.15) is 0 Å². The third-order valence-electron chi connectivity index (χ3n) is 5.11. The van der Waals surface area contributed by atoms with Crippen LogP contribution >= 0.6 is 0 Å². The number of carbonyl (C=O) groups is 2. The molecule has 19 heavy (non-hydrogen) atoms. The summed E-state index contributed by atoms with van der Waals surface area (Å²) < 4.78 is 4.72. The van der Waals surface area contributed by atoms with Crippen molar-refractivity contribution < 1.29 is 14.3 Å². The van der Waals surface area contributed by atoms with Crippen LogP contribution in [-0.4, -0.2) is 25.5 Å². The van der Waals surface area contributed by atoms with Gasteiger partial charge in [-0.1, -0.05) is 0 Å². The Bertz CT molecular complexity index is 359. The number of ether oxygens (including phenoxy) is 1. The van der Waals surface area contributed by atoms with Crippen LogP contribution in [0.4, 0.5) is 0 Å². The van der Waals surface area contributed by atoms with Gasteiger partial charge in [0.1, 0.15) is 6.61 Å². The Balaban J connectivity index is 1.61. The molecule has 106 valence electrons. The smallest absolute Gasteiger partial charge is 0.264 e. The number of hydrazine groups is 1. The second kappa shape index (κ2) is 4.78. The molecule has 4 fully saturated rings. The molecule has 0 aromatic carbocycles. The van der Waals surface area contributed by atoms with E-state index in [0.717, 1.165) is 37.0 Å². The zero-order valence-electron chi connectivity index (χ0n) is 11.4. The summed E-state index contributed by atoms with van der Waals surface area (Å²) in [5.74, 6) is 1.89. The van der Waals surface area contributed by atoms with Crippen molar-refractivity contribution in [2.45, 2.75) is 38.5 Å². The minimum atomic E-state index is -0.305. The minimum Gasteiger partial charge on any atom is -0.375 e. The van der Waals surface area contributed by atoms with Crippen molar-refractivity contribution in [2.24, 2.45) is 23.2 Å². The van der Waals surface area contributed by atoms with Crippen LogP contribution in [0.3, 0.4) is 0 Å². The fourth-order valence-corrected chi connectivity index (χ4v) is 4.81. The normalized spacial score (nSPS) is 39.1. The van der Waals surface area contributed by atoms with Gasteiger partial charge in [-0.05, 0) is 56.3 Å². The highest BCUT2D eigenvalue weighted by atomic mass is 16.5. The van der Waals surface area contributed by atoms with E-state index in [9.17, 15) is 9.59 Å².